The van der Waals surface area contributed by atoms with Crippen LogP contribution in [0.5, 0.6) is 0 Å². The van der Waals surface area contributed by atoms with E-state index in [1.54, 1.807) is 40.9 Å². The van der Waals surface area contributed by atoms with Gasteiger partial charge in [-0.1, -0.05) is 60.7 Å². The minimum Gasteiger partial charge on any atom is -0.289 e. The summed E-state index contributed by atoms with van der Waals surface area (Å²) in [5.74, 6) is -0.151. The fourth-order valence-corrected chi connectivity index (χ4v) is 6.75. The van der Waals surface area contributed by atoms with Crippen LogP contribution in [0.4, 0.5) is 0 Å². The number of rotatable bonds is 2. The van der Waals surface area contributed by atoms with Gasteiger partial charge in [0.15, 0.2) is 5.78 Å². The van der Waals surface area contributed by atoms with E-state index in [4.69, 9.17) is 0 Å². The summed E-state index contributed by atoms with van der Waals surface area (Å²) in [4.78, 5) is 15.3. The Morgan fingerprint density at radius 2 is 1.47 bits per heavy atom. The Labute approximate surface area is 203 Å². The van der Waals surface area contributed by atoms with Gasteiger partial charge in [0, 0.05) is 35.9 Å². The largest absolute Gasteiger partial charge is 0.289 e. The third-order valence-electron chi connectivity index (χ3n) is 5.98. The quantitative estimate of drug-likeness (QED) is 0.195. The number of fused-ring (bicyclic) bond motifs is 3. The molecule has 6 rings (SSSR count). The summed E-state index contributed by atoms with van der Waals surface area (Å²) in [6.07, 6.45) is 1.82. The minimum atomic E-state index is -0.151. The Hall–Kier alpha value is -4.29. The highest BCUT2D eigenvalue weighted by Crippen LogP contribution is 2.43. The summed E-state index contributed by atoms with van der Waals surface area (Å²) in [6, 6.07) is 30.2. The number of ketones is 1. The zero-order chi connectivity index (χ0) is 23.2. The van der Waals surface area contributed by atoms with Crippen LogP contribution in [-0.2, 0) is 0 Å². The second-order valence-electron chi connectivity index (χ2n) is 7.96. The fourth-order valence-electron chi connectivity index (χ4n) is 4.40. The van der Waals surface area contributed by atoms with Crippen LogP contribution in [0.3, 0.4) is 0 Å². The maximum absolute atomic E-state index is 13.1. The van der Waals surface area contributed by atoms with Crippen molar-refractivity contribution in [3.63, 3.8) is 0 Å². The van der Waals surface area contributed by atoms with Crippen LogP contribution < -0.4 is 0 Å². The van der Waals surface area contributed by atoms with Gasteiger partial charge in [0.05, 0.1) is 0 Å². The summed E-state index contributed by atoms with van der Waals surface area (Å²) >= 11 is 3.33. The van der Waals surface area contributed by atoms with E-state index in [0.29, 0.717) is 22.3 Å². The van der Waals surface area contributed by atoms with Crippen molar-refractivity contribution in [1.82, 2.24) is 0 Å². The van der Waals surface area contributed by atoms with E-state index in [2.05, 4.69) is 42.5 Å². The van der Waals surface area contributed by atoms with Gasteiger partial charge in [0.2, 0.25) is 0 Å². The van der Waals surface area contributed by atoms with Crippen molar-refractivity contribution in [3.8, 4) is 22.6 Å². The summed E-state index contributed by atoms with van der Waals surface area (Å²) < 4.78 is 2.29. The second-order valence-corrected chi connectivity index (χ2v) is 10.2. The van der Waals surface area contributed by atoms with Gasteiger partial charge < -0.3 is 0 Å². The minimum absolute atomic E-state index is 0.0403. The average molecular weight is 471 g/mol. The average Bonchev–Trinajstić information content (AvgIpc) is 3.52. The SMILES string of the molecule is N#CC(C#N)=C1/C(=C/c2cc3sc(-c4ccc5ccccc5c4)cc3s2)C(=O)c2ccccc21. The number of carbonyl (C=O) groups is 1. The van der Waals surface area contributed by atoms with Crippen molar-refractivity contribution in [2.45, 2.75) is 0 Å². The van der Waals surface area contributed by atoms with Crippen molar-refractivity contribution in [1.29, 1.82) is 10.5 Å². The molecular formula is C29H14N2OS2. The number of thiophene rings is 2. The molecular weight excluding hydrogens is 456 g/mol. The molecule has 0 fully saturated rings. The molecule has 0 aliphatic heterocycles. The topological polar surface area (TPSA) is 64.7 Å². The Bertz CT molecular complexity index is 1750. The molecule has 1 aliphatic carbocycles. The van der Waals surface area contributed by atoms with Crippen LogP contribution in [-0.4, -0.2) is 5.78 Å². The van der Waals surface area contributed by atoms with Gasteiger partial charge in [0.25, 0.3) is 0 Å². The maximum Gasteiger partial charge on any atom is 0.194 e. The van der Waals surface area contributed by atoms with Crippen molar-refractivity contribution in [2.24, 2.45) is 0 Å². The van der Waals surface area contributed by atoms with E-state index in [1.807, 2.05) is 36.4 Å². The third-order valence-corrected chi connectivity index (χ3v) is 8.26. The molecule has 3 nitrogen and oxygen atoms in total. The maximum atomic E-state index is 13.1. The number of Topliss-reactive ketones (excluding diaryl/α,β-unsaturated/α-hetero) is 1. The summed E-state index contributed by atoms with van der Waals surface area (Å²) in [5.41, 5.74) is 3.16. The lowest BCUT2D eigenvalue weighted by Gasteiger charge is -2.01. The highest BCUT2D eigenvalue weighted by atomic mass is 32.1. The van der Waals surface area contributed by atoms with Crippen LogP contribution in [0.15, 0.2) is 90.0 Å². The molecule has 0 bridgehead atoms. The molecule has 0 saturated heterocycles. The van der Waals surface area contributed by atoms with Gasteiger partial charge in [-0.3, -0.25) is 4.79 Å². The van der Waals surface area contributed by atoms with Gasteiger partial charge in [-0.2, -0.15) is 10.5 Å². The molecule has 5 aromatic rings. The molecule has 0 N–H and O–H groups in total. The van der Waals surface area contributed by atoms with Crippen LogP contribution in [0.2, 0.25) is 0 Å². The first kappa shape index (κ1) is 20.3. The van der Waals surface area contributed by atoms with E-state index < -0.39 is 0 Å². The lowest BCUT2D eigenvalue weighted by Crippen LogP contribution is -1.95. The van der Waals surface area contributed by atoms with E-state index in [0.717, 1.165) is 14.3 Å². The predicted octanol–water partition coefficient (Wildman–Crippen LogP) is 7.86. The molecule has 0 amide bonds. The number of allylic oxidation sites excluding steroid dienone is 3. The number of carbonyl (C=O) groups excluding carboxylic acids is 1. The first-order valence-corrected chi connectivity index (χ1v) is 12.2. The van der Waals surface area contributed by atoms with Gasteiger partial charge in [-0.05, 0) is 46.2 Å². The Kier molecular flexibility index (Phi) is 4.74. The van der Waals surface area contributed by atoms with Crippen molar-refractivity contribution >= 4 is 60.3 Å². The number of benzene rings is 3. The molecule has 34 heavy (non-hydrogen) atoms. The zero-order valence-corrected chi connectivity index (χ0v) is 19.3. The van der Waals surface area contributed by atoms with Crippen molar-refractivity contribution in [2.75, 3.05) is 0 Å². The Morgan fingerprint density at radius 3 is 2.24 bits per heavy atom. The number of nitriles is 2. The molecule has 1 aliphatic rings. The normalized spacial score (nSPS) is 13.9. The van der Waals surface area contributed by atoms with E-state index >= 15 is 0 Å². The zero-order valence-electron chi connectivity index (χ0n) is 17.7. The van der Waals surface area contributed by atoms with Gasteiger partial charge >= 0.3 is 0 Å². The number of hydrogen-bond donors (Lipinski definition) is 0. The third kappa shape index (κ3) is 3.19. The smallest absolute Gasteiger partial charge is 0.194 e. The van der Waals surface area contributed by atoms with Gasteiger partial charge in [-0.25, -0.2) is 0 Å². The van der Waals surface area contributed by atoms with E-state index in [-0.39, 0.29) is 11.4 Å². The summed E-state index contributed by atoms with van der Waals surface area (Å²) in [5, 5.41) is 21.4. The lowest BCUT2D eigenvalue weighted by molar-refractivity contribution is 0.104. The standard InChI is InChI=1S/C29H14N2OS2/c30-15-20(16-31)28-22-7-3-4-8-23(22)29(32)24(28)12-21-13-26-27(33-21)14-25(34-26)19-10-9-17-5-1-2-6-18(17)11-19/h1-14H/b24-12-. The fraction of sp³-hybridized carbons (Fsp3) is 0. The van der Waals surface area contributed by atoms with E-state index in [1.165, 1.54) is 21.2 Å². The first-order chi connectivity index (χ1) is 16.7. The molecule has 3 aromatic carbocycles. The highest BCUT2D eigenvalue weighted by molar-refractivity contribution is 7.29. The molecule has 0 atom stereocenters. The summed E-state index contributed by atoms with van der Waals surface area (Å²) in [6.45, 7) is 0. The van der Waals surface area contributed by atoms with Gasteiger partial charge in [0.1, 0.15) is 17.7 Å². The molecule has 0 spiro atoms. The molecule has 2 aromatic heterocycles. The predicted molar refractivity (Wildman–Crippen MR) is 140 cm³/mol. The monoisotopic (exact) mass is 470 g/mol. The van der Waals surface area contributed by atoms with Gasteiger partial charge in [-0.15, -0.1) is 22.7 Å². The molecule has 2 heterocycles. The molecule has 0 radical (unpaired) electrons. The Morgan fingerprint density at radius 1 is 0.765 bits per heavy atom. The summed E-state index contributed by atoms with van der Waals surface area (Å²) in [7, 11) is 0. The van der Waals surface area contributed by atoms with Crippen LogP contribution in [0.1, 0.15) is 20.8 Å². The highest BCUT2D eigenvalue weighted by Gasteiger charge is 2.32. The molecule has 0 saturated carbocycles. The van der Waals surface area contributed by atoms with Crippen molar-refractivity contribution in [3.05, 3.63) is 106 Å². The number of nitrogens with zero attached hydrogens (tertiary/aromatic N) is 2. The van der Waals surface area contributed by atoms with E-state index in [9.17, 15) is 15.3 Å². The molecule has 0 unspecified atom stereocenters. The molecule has 158 valence electrons. The molecule has 5 heteroatoms. The van der Waals surface area contributed by atoms with Crippen LogP contribution in [0.25, 0.3) is 42.3 Å². The van der Waals surface area contributed by atoms with Crippen LogP contribution >= 0.6 is 22.7 Å². The lowest BCUT2D eigenvalue weighted by atomic mass is 9.99. The first-order valence-electron chi connectivity index (χ1n) is 10.6. The second kappa shape index (κ2) is 7.93. The van der Waals surface area contributed by atoms with Crippen molar-refractivity contribution < 1.29 is 4.79 Å². The van der Waals surface area contributed by atoms with Crippen LogP contribution in [0, 0.1) is 22.7 Å². The number of hydrogen-bond acceptors (Lipinski definition) is 5. The Balaban J connectivity index is 1.42.